The van der Waals surface area contributed by atoms with Gasteiger partial charge in [-0.1, -0.05) is 18.7 Å². The molecule has 32 heavy (non-hydrogen) atoms. The summed E-state index contributed by atoms with van der Waals surface area (Å²) in [7, 11) is 0. The molecule has 0 bridgehead atoms. The van der Waals surface area contributed by atoms with Crippen molar-refractivity contribution in [1.82, 2.24) is 0 Å². The van der Waals surface area contributed by atoms with Gasteiger partial charge in [-0.3, -0.25) is 4.79 Å². The molecule has 0 saturated carbocycles. The summed E-state index contributed by atoms with van der Waals surface area (Å²) < 4.78 is 15.8. The molecule has 0 aliphatic heterocycles. The molecule has 2 rings (SSSR count). The Morgan fingerprint density at radius 3 is 2.19 bits per heavy atom. The van der Waals surface area contributed by atoms with Crippen LogP contribution in [0.2, 0.25) is 0 Å². The summed E-state index contributed by atoms with van der Waals surface area (Å²) in [6.07, 6.45) is 3.70. The van der Waals surface area contributed by atoms with Gasteiger partial charge in [-0.05, 0) is 60.9 Å². The minimum absolute atomic E-state index is 0.282. The van der Waals surface area contributed by atoms with Gasteiger partial charge in [0.15, 0.2) is 0 Å². The third-order valence-corrected chi connectivity index (χ3v) is 4.04. The Labute approximate surface area is 185 Å². The van der Waals surface area contributed by atoms with Crippen LogP contribution >= 0.6 is 0 Å². The van der Waals surface area contributed by atoms with E-state index in [0.29, 0.717) is 42.9 Å². The number of benzene rings is 2. The number of hydrogen-bond donors (Lipinski definition) is 1. The molecule has 2 aromatic rings. The summed E-state index contributed by atoms with van der Waals surface area (Å²) in [5, 5.41) is 8.88. The number of carbonyl (C=O) groups is 3. The van der Waals surface area contributed by atoms with E-state index in [1.807, 2.05) is 0 Å². The first kappa shape index (κ1) is 23.9. The molecule has 0 fully saturated rings. The van der Waals surface area contributed by atoms with Gasteiger partial charge in [-0.25, -0.2) is 14.4 Å². The van der Waals surface area contributed by atoms with Crippen molar-refractivity contribution in [2.75, 3.05) is 13.2 Å². The second-order valence-electron chi connectivity index (χ2n) is 6.36. The van der Waals surface area contributed by atoms with Crippen molar-refractivity contribution in [3.05, 3.63) is 89.4 Å². The SMILES string of the molecule is [C-]#[N+]/C(=C\c1ccc(OC(=O)c2ccc(OCCCCOC(=O)C=C)cc2)cc1)C(=O)O. The van der Waals surface area contributed by atoms with E-state index >= 15 is 0 Å². The molecular formula is C24H21NO7. The summed E-state index contributed by atoms with van der Waals surface area (Å²) in [5.41, 5.74) is 0.422. The predicted octanol–water partition coefficient (Wildman–Crippen LogP) is 4.14. The molecule has 0 aliphatic rings. The Morgan fingerprint density at radius 1 is 0.969 bits per heavy atom. The fourth-order valence-corrected chi connectivity index (χ4v) is 2.41. The summed E-state index contributed by atoms with van der Waals surface area (Å²) >= 11 is 0. The number of carbonyl (C=O) groups excluding carboxylic acids is 2. The van der Waals surface area contributed by atoms with Crippen LogP contribution in [-0.2, 0) is 14.3 Å². The second-order valence-corrected chi connectivity index (χ2v) is 6.36. The van der Waals surface area contributed by atoms with Crippen molar-refractivity contribution < 1.29 is 33.7 Å². The Kier molecular flexibility index (Phi) is 9.22. The smallest absolute Gasteiger partial charge is 0.343 e. The lowest BCUT2D eigenvalue weighted by molar-refractivity contribution is -0.138. The predicted molar refractivity (Wildman–Crippen MR) is 116 cm³/mol. The van der Waals surface area contributed by atoms with Gasteiger partial charge in [0.05, 0.1) is 25.3 Å². The highest BCUT2D eigenvalue weighted by atomic mass is 16.5. The number of hydrogen-bond acceptors (Lipinski definition) is 6. The maximum absolute atomic E-state index is 12.3. The Balaban J connectivity index is 1.82. The third kappa shape index (κ3) is 7.80. The van der Waals surface area contributed by atoms with Gasteiger partial charge in [-0.15, -0.1) is 0 Å². The van der Waals surface area contributed by atoms with Crippen molar-refractivity contribution in [3.8, 4) is 11.5 Å². The lowest BCUT2D eigenvalue weighted by Gasteiger charge is -2.08. The maximum atomic E-state index is 12.3. The highest BCUT2D eigenvalue weighted by Crippen LogP contribution is 2.18. The summed E-state index contributed by atoms with van der Waals surface area (Å²) in [6.45, 7) is 10.9. The highest BCUT2D eigenvalue weighted by Gasteiger charge is 2.10. The van der Waals surface area contributed by atoms with E-state index in [9.17, 15) is 14.4 Å². The molecule has 0 aliphatic carbocycles. The summed E-state index contributed by atoms with van der Waals surface area (Å²) in [5.74, 6) is -1.44. The fourth-order valence-electron chi connectivity index (χ4n) is 2.41. The highest BCUT2D eigenvalue weighted by molar-refractivity contribution is 5.94. The first-order valence-electron chi connectivity index (χ1n) is 9.59. The standard InChI is InChI=1S/C24H21NO7/c1-3-22(26)31-15-5-4-14-30-19-12-8-18(9-13-19)24(29)32-20-10-6-17(7-11-20)16-21(25-2)23(27)28/h3,6-13,16H,1,4-5,14-15H2,(H,27,28)/b21-16-. The Bertz CT molecular complexity index is 1030. The van der Waals surface area contributed by atoms with E-state index in [1.54, 1.807) is 36.4 Å². The summed E-state index contributed by atoms with van der Waals surface area (Å²) in [4.78, 5) is 37.0. The average Bonchev–Trinajstić information content (AvgIpc) is 2.80. The number of nitrogens with zero attached hydrogens (tertiary/aromatic N) is 1. The molecule has 0 saturated heterocycles. The Hall–Kier alpha value is -4.38. The van der Waals surface area contributed by atoms with Crippen molar-refractivity contribution >= 4 is 24.0 Å². The quantitative estimate of drug-likeness (QED) is 0.186. The molecule has 0 spiro atoms. The molecule has 0 amide bonds. The van der Waals surface area contributed by atoms with Gasteiger partial charge in [0.1, 0.15) is 11.5 Å². The first-order valence-corrected chi connectivity index (χ1v) is 9.59. The molecule has 2 aromatic carbocycles. The number of rotatable bonds is 11. The van der Waals surface area contributed by atoms with Crippen LogP contribution in [0.15, 0.2) is 66.9 Å². The normalized spacial score (nSPS) is 10.5. The van der Waals surface area contributed by atoms with Crippen LogP contribution in [-0.4, -0.2) is 36.2 Å². The first-order chi connectivity index (χ1) is 15.4. The number of carboxylic acid groups (broad SMARTS) is 1. The third-order valence-electron chi connectivity index (χ3n) is 4.04. The Morgan fingerprint density at radius 2 is 1.59 bits per heavy atom. The molecule has 8 heteroatoms. The van der Waals surface area contributed by atoms with E-state index in [4.69, 9.17) is 25.9 Å². The zero-order chi connectivity index (χ0) is 23.3. The zero-order valence-electron chi connectivity index (χ0n) is 17.2. The van der Waals surface area contributed by atoms with Crippen molar-refractivity contribution in [2.45, 2.75) is 12.8 Å². The van der Waals surface area contributed by atoms with E-state index in [1.165, 1.54) is 18.2 Å². The second kappa shape index (κ2) is 12.3. The van der Waals surface area contributed by atoms with Crippen molar-refractivity contribution in [3.63, 3.8) is 0 Å². The van der Waals surface area contributed by atoms with Gasteiger partial charge in [-0.2, -0.15) is 0 Å². The minimum atomic E-state index is -1.31. The lowest BCUT2D eigenvalue weighted by Crippen LogP contribution is -2.08. The molecule has 0 atom stereocenters. The van der Waals surface area contributed by atoms with Crippen molar-refractivity contribution in [1.29, 1.82) is 0 Å². The van der Waals surface area contributed by atoms with Gasteiger partial charge >= 0.3 is 17.9 Å². The van der Waals surface area contributed by atoms with E-state index in [2.05, 4.69) is 11.4 Å². The van der Waals surface area contributed by atoms with E-state index < -0.39 is 23.6 Å². The number of ether oxygens (including phenoxy) is 3. The molecule has 8 nitrogen and oxygen atoms in total. The minimum Gasteiger partial charge on any atom is -0.494 e. The molecular weight excluding hydrogens is 414 g/mol. The van der Waals surface area contributed by atoms with Gasteiger partial charge in [0.25, 0.3) is 5.70 Å². The number of unbranched alkanes of at least 4 members (excludes halogenated alkanes) is 1. The van der Waals surface area contributed by atoms with Crippen LogP contribution in [0.4, 0.5) is 0 Å². The molecule has 164 valence electrons. The molecule has 1 N–H and O–H groups in total. The van der Waals surface area contributed by atoms with E-state index in [-0.39, 0.29) is 5.75 Å². The molecule has 0 unspecified atom stereocenters. The number of aliphatic carboxylic acids is 1. The number of esters is 2. The van der Waals surface area contributed by atoms with Crippen LogP contribution in [0.25, 0.3) is 10.9 Å². The molecule has 0 radical (unpaired) electrons. The zero-order valence-corrected chi connectivity index (χ0v) is 17.2. The molecule has 0 heterocycles. The van der Waals surface area contributed by atoms with Crippen LogP contribution in [0.1, 0.15) is 28.8 Å². The monoisotopic (exact) mass is 435 g/mol. The maximum Gasteiger partial charge on any atom is 0.343 e. The van der Waals surface area contributed by atoms with Crippen LogP contribution in [0.3, 0.4) is 0 Å². The summed E-state index contributed by atoms with van der Waals surface area (Å²) in [6, 6.07) is 12.6. The largest absolute Gasteiger partial charge is 0.494 e. The van der Waals surface area contributed by atoms with Gasteiger partial charge < -0.3 is 19.3 Å². The average molecular weight is 435 g/mol. The molecule has 0 aromatic heterocycles. The topological polar surface area (TPSA) is 103 Å². The van der Waals surface area contributed by atoms with Crippen LogP contribution in [0.5, 0.6) is 11.5 Å². The van der Waals surface area contributed by atoms with Gasteiger partial charge in [0.2, 0.25) is 0 Å². The fraction of sp³-hybridized carbons (Fsp3) is 0.167. The van der Waals surface area contributed by atoms with Crippen LogP contribution in [0, 0.1) is 6.57 Å². The van der Waals surface area contributed by atoms with Crippen molar-refractivity contribution in [2.24, 2.45) is 0 Å². The van der Waals surface area contributed by atoms with Crippen LogP contribution < -0.4 is 9.47 Å². The van der Waals surface area contributed by atoms with E-state index in [0.717, 1.165) is 6.08 Å². The lowest BCUT2D eigenvalue weighted by atomic mass is 10.2. The van der Waals surface area contributed by atoms with Gasteiger partial charge in [0, 0.05) is 6.08 Å². The number of carboxylic acids is 1.